The Bertz CT molecular complexity index is 849. The Hall–Kier alpha value is -2.43. The van der Waals surface area contributed by atoms with E-state index in [9.17, 15) is 4.79 Å². The van der Waals surface area contributed by atoms with Crippen molar-refractivity contribution in [3.63, 3.8) is 0 Å². The molecule has 1 fully saturated rings. The number of hydrogen-bond donors (Lipinski definition) is 1. The molecule has 1 amide bonds. The van der Waals surface area contributed by atoms with Crippen molar-refractivity contribution < 1.29 is 18.7 Å². The van der Waals surface area contributed by atoms with Gasteiger partial charge in [-0.1, -0.05) is 0 Å². The number of aliphatic imine (C=N–C) groups is 1. The van der Waals surface area contributed by atoms with E-state index in [4.69, 9.17) is 18.9 Å². The van der Waals surface area contributed by atoms with Crippen LogP contribution in [0.5, 0.6) is 11.5 Å². The molecule has 0 aliphatic carbocycles. The minimum Gasteiger partial charge on any atom is -0.497 e. The molecule has 1 saturated heterocycles. The van der Waals surface area contributed by atoms with Crippen molar-refractivity contribution in [3.8, 4) is 11.5 Å². The van der Waals surface area contributed by atoms with Crippen LogP contribution in [0.1, 0.15) is 23.0 Å². The number of methoxy groups -OCH3 is 2. The highest BCUT2D eigenvalue weighted by Gasteiger charge is 2.25. The maximum absolute atomic E-state index is 12.5. The van der Waals surface area contributed by atoms with Gasteiger partial charge in [-0.25, -0.2) is 0 Å². The zero-order valence-electron chi connectivity index (χ0n) is 18.3. The van der Waals surface area contributed by atoms with E-state index in [1.54, 1.807) is 26.4 Å². The molecule has 2 heterocycles. The van der Waals surface area contributed by atoms with Crippen LogP contribution in [0.4, 0.5) is 0 Å². The van der Waals surface area contributed by atoms with Gasteiger partial charge < -0.3 is 29.0 Å². The molecule has 3 rings (SSSR count). The van der Waals surface area contributed by atoms with Gasteiger partial charge in [0.1, 0.15) is 11.5 Å². The molecule has 2 aromatic rings. The van der Waals surface area contributed by atoms with Gasteiger partial charge in [-0.05, 0) is 49.2 Å². The summed E-state index contributed by atoms with van der Waals surface area (Å²) in [7, 11) is 3.32. The number of rotatable bonds is 7. The van der Waals surface area contributed by atoms with E-state index in [0.29, 0.717) is 25.4 Å². The first-order valence-electron chi connectivity index (χ1n) is 10.2. The Morgan fingerprint density at radius 3 is 2.48 bits per heavy atom. The van der Waals surface area contributed by atoms with Crippen molar-refractivity contribution in [2.24, 2.45) is 4.99 Å². The largest absolute Gasteiger partial charge is 0.497 e. The molecule has 8 nitrogen and oxygen atoms in total. The molecule has 31 heavy (non-hydrogen) atoms. The predicted molar refractivity (Wildman–Crippen MR) is 131 cm³/mol. The first-order chi connectivity index (χ1) is 14.7. The second kappa shape index (κ2) is 12.4. The number of amides is 1. The standard InChI is InChI=1S/C22H30N4O4.HI/c1-4-23-22(24-10-9-17-16-18(28-2)7-8-19(17)29-3)26-13-11-25(12-14-26)21(27)20-6-5-15-30-20;/h5-8,15-16H,4,9-14H2,1-3H3,(H,23,24);1H. The number of nitrogens with zero attached hydrogens (tertiary/aromatic N) is 3. The molecular formula is C22H31IN4O4. The monoisotopic (exact) mass is 542 g/mol. The molecule has 170 valence electrons. The number of ether oxygens (including phenoxy) is 2. The lowest BCUT2D eigenvalue weighted by Gasteiger charge is -2.36. The fourth-order valence-corrected chi connectivity index (χ4v) is 3.46. The van der Waals surface area contributed by atoms with E-state index >= 15 is 0 Å². The summed E-state index contributed by atoms with van der Waals surface area (Å²) in [5, 5.41) is 3.36. The van der Waals surface area contributed by atoms with Crippen molar-refractivity contribution in [2.75, 3.05) is 53.5 Å². The van der Waals surface area contributed by atoms with Gasteiger partial charge in [0.25, 0.3) is 5.91 Å². The minimum atomic E-state index is -0.0632. The summed E-state index contributed by atoms with van der Waals surface area (Å²) in [6.45, 7) is 6.17. The van der Waals surface area contributed by atoms with Crippen molar-refractivity contribution in [1.29, 1.82) is 0 Å². The third-order valence-corrected chi connectivity index (χ3v) is 5.06. The predicted octanol–water partition coefficient (Wildman–Crippen LogP) is 2.88. The number of carbonyl (C=O) groups is 1. The molecule has 0 atom stereocenters. The van der Waals surface area contributed by atoms with Crippen LogP contribution >= 0.6 is 24.0 Å². The molecule has 0 radical (unpaired) electrons. The number of nitrogens with one attached hydrogen (secondary N) is 1. The number of piperazine rings is 1. The van der Waals surface area contributed by atoms with Crippen LogP contribution in [0.2, 0.25) is 0 Å². The van der Waals surface area contributed by atoms with Crippen LogP contribution in [0.15, 0.2) is 46.0 Å². The van der Waals surface area contributed by atoms with Crippen LogP contribution in [0, 0.1) is 0 Å². The first kappa shape index (κ1) is 24.8. The van der Waals surface area contributed by atoms with Gasteiger partial charge in [0.2, 0.25) is 0 Å². The van der Waals surface area contributed by atoms with Gasteiger partial charge in [0, 0.05) is 39.3 Å². The molecule has 1 N–H and O–H groups in total. The van der Waals surface area contributed by atoms with E-state index in [-0.39, 0.29) is 29.9 Å². The Morgan fingerprint density at radius 2 is 1.87 bits per heavy atom. The van der Waals surface area contributed by atoms with E-state index in [2.05, 4.69) is 17.1 Å². The second-order valence-corrected chi connectivity index (χ2v) is 6.92. The highest BCUT2D eigenvalue weighted by atomic mass is 127. The molecule has 0 spiro atoms. The van der Waals surface area contributed by atoms with Crippen LogP contribution in [0.25, 0.3) is 0 Å². The molecule has 1 aliphatic rings. The number of carbonyl (C=O) groups excluding carboxylic acids is 1. The average Bonchev–Trinajstić information content (AvgIpc) is 3.33. The van der Waals surface area contributed by atoms with Gasteiger partial charge >= 0.3 is 0 Å². The molecule has 1 aromatic heterocycles. The Morgan fingerprint density at radius 1 is 1.13 bits per heavy atom. The quantitative estimate of drug-likeness (QED) is 0.330. The summed E-state index contributed by atoms with van der Waals surface area (Å²) >= 11 is 0. The molecule has 0 saturated carbocycles. The van der Waals surface area contributed by atoms with Crippen LogP contribution < -0.4 is 14.8 Å². The smallest absolute Gasteiger partial charge is 0.289 e. The molecule has 0 unspecified atom stereocenters. The first-order valence-corrected chi connectivity index (χ1v) is 10.2. The fraction of sp³-hybridized carbons (Fsp3) is 0.455. The number of halogens is 1. The maximum Gasteiger partial charge on any atom is 0.289 e. The molecular weight excluding hydrogens is 511 g/mol. The van der Waals surface area contributed by atoms with Crippen LogP contribution in [0.3, 0.4) is 0 Å². The highest BCUT2D eigenvalue weighted by Crippen LogP contribution is 2.24. The van der Waals surface area contributed by atoms with Gasteiger partial charge in [-0.3, -0.25) is 9.79 Å². The highest BCUT2D eigenvalue weighted by molar-refractivity contribution is 14.0. The van der Waals surface area contributed by atoms with Crippen molar-refractivity contribution in [1.82, 2.24) is 15.1 Å². The van der Waals surface area contributed by atoms with Crippen molar-refractivity contribution >= 4 is 35.8 Å². The lowest BCUT2D eigenvalue weighted by molar-refractivity contribution is 0.0657. The summed E-state index contributed by atoms with van der Waals surface area (Å²) in [5.74, 6) is 2.83. The summed E-state index contributed by atoms with van der Waals surface area (Å²) in [6.07, 6.45) is 2.27. The second-order valence-electron chi connectivity index (χ2n) is 6.92. The minimum absolute atomic E-state index is 0. The third-order valence-electron chi connectivity index (χ3n) is 5.06. The number of furan rings is 1. The van der Waals surface area contributed by atoms with E-state index in [1.807, 2.05) is 23.1 Å². The van der Waals surface area contributed by atoms with E-state index in [1.165, 1.54) is 6.26 Å². The van der Waals surface area contributed by atoms with Gasteiger partial charge in [0.15, 0.2) is 11.7 Å². The Balaban J connectivity index is 0.00000341. The third kappa shape index (κ3) is 6.52. The van der Waals surface area contributed by atoms with Crippen LogP contribution in [-0.4, -0.2) is 75.2 Å². The number of benzene rings is 1. The summed E-state index contributed by atoms with van der Waals surface area (Å²) in [5.41, 5.74) is 1.06. The average molecular weight is 542 g/mol. The Kier molecular flexibility index (Phi) is 9.96. The molecule has 1 aromatic carbocycles. The fourth-order valence-electron chi connectivity index (χ4n) is 3.46. The van der Waals surface area contributed by atoms with Gasteiger partial charge in [0.05, 0.1) is 20.5 Å². The van der Waals surface area contributed by atoms with E-state index < -0.39 is 0 Å². The van der Waals surface area contributed by atoms with Crippen LogP contribution in [-0.2, 0) is 6.42 Å². The number of hydrogen-bond acceptors (Lipinski definition) is 5. The normalized spacial score (nSPS) is 14.1. The summed E-state index contributed by atoms with van der Waals surface area (Å²) in [4.78, 5) is 21.3. The summed E-state index contributed by atoms with van der Waals surface area (Å²) in [6, 6.07) is 9.22. The molecule has 1 aliphatic heterocycles. The van der Waals surface area contributed by atoms with Gasteiger partial charge in [-0.15, -0.1) is 24.0 Å². The zero-order chi connectivity index (χ0) is 21.3. The van der Waals surface area contributed by atoms with Crippen molar-refractivity contribution in [3.05, 3.63) is 47.9 Å². The lowest BCUT2D eigenvalue weighted by Crippen LogP contribution is -2.53. The SMILES string of the molecule is CCNC(=NCCc1cc(OC)ccc1OC)N1CCN(C(=O)c2ccco2)CC1.I. The summed E-state index contributed by atoms with van der Waals surface area (Å²) < 4.78 is 16.0. The number of guanidine groups is 1. The van der Waals surface area contributed by atoms with Gasteiger partial charge in [-0.2, -0.15) is 0 Å². The maximum atomic E-state index is 12.5. The Labute approximate surface area is 200 Å². The molecule has 0 bridgehead atoms. The van der Waals surface area contributed by atoms with Crippen molar-refractivity contribution in [2.45, 2.75) is 13.3 Å². The topological polar surface area (TPSA) is 79.5 Å². The molecule has 9 heteroatoms. The lowest BCUT2D eigenvalue weighted by atomic mass is 10.1. The van der Waals surface area contributed by atoms with E-state index in [0.717, 1.165) is 49.1 Å². The zero-order valence-corrected chi connectivity index (χ0v) is 20.6.